The number of nitrogens with one attached hydrogen (secondary N) is 3. The van der Waals surface area contributed by atoms with Crippen LogP contribution in [0.5, 0.6) is 0 Å². The molecule has 5 nitrogen and oxygen atoms in total. The van der Waals surface area contributed by atoms with Crippen molar-refractivity contribution in [3.8, 4) is 0 Å². The van der Waals surface area contributed by atoms with E-state index in [0.717, 1.165) is 19.3 Å². The average Bonchev–Trinajstić information content (AvgIpc) is 2.28. The summed E-state index contributed by atoms with van der Waals surface area (Å²) in [5.74, 6) is 0. The van der Waals surface area contributed by atoms with Crippen molar-refractivity contribution < 1.29 is 0 Å². The van der Waals surface area contributed by atoms with Crippen LogP contribution in [0.4, 0.5) is 0 Å². The Morgan fingerprint density at radius 3 is 2.13 bits per heavy atom. The van der Waals surface area contributed by atoms with E-state index in [4.69, 9.17) is 11.5 Å². The van der Waals surface area contributed by atoms with Crippen LogP contribution in [-0.2, 0) is 0 Å². The van der Waals surface area contributed by atoms with E-state index in [2.05, 4.69) is 16.0 Å². The molecule has 0 aromatic heterocycles. The zero-order valence-corrected chi connectivity index (χ0v) is 10.1. The first kappa shape index (κ1) is 12.9. The molecule has 7 N–H and O–H groups in total. The van der Waals surface area contributed by atoms with Gasteiger partial charge in [0.25, 0.3) is 0 Å². The summed E-state index contributed by atoms with van der Waals surface area (Å²) in [6.45, 7) is 0.613. The maximum atomic E-state index is 6.11. The molecule has 5 heteroatoms. The fraction of sp³-hybridized carbons (Fsp3) is 1.00. The molecule has 2 atom stereocenters. The van der Waals surface area contributed by atoms with Crippen LogP contribution in [-0.4, -0.2) is 44.9 Å². The fourth-order valence-corrected chi connectivity index (χ4v) is 2.70. The second-order valence-electron chi connectivity index (χ2n) is 4.66. The molecule has 0 aromatic carbocycles. The third kappa shape index (κ3) is 2.49. The van der Waals surface area contributed by atoms with E-state index in [0.29, 0.717) is 6.54 Å². The topological polar surface area (TPSA) is 88.1 Å². The summed E-state index contributed by atoms with van der Waals surface area (Å²) in [5.41, 5.74) is 11.8. The second kappa shape index (κ2) is 4.76. The molecule has 0 aliphatic heterocycles. The molecule has 0 amide bonds. The number of rotatable bonds is 4. The van der Waals surface area contributed by atoms with E-state index in [9.17, 15) is 0 Å². The molecular weight excluding hydrogens is 190 g/mol. The molecule has 0 saturated heterocycles. The molecule has 1 fully saturated rings. The highest BCUT2D eigenvalue weighted by Gasteiger charge is 2.44. The maximum absolute atomic E-state index is 6.11. The Kier molecular flexibility index (Phi) is 4.08. The first-order valence-corrected chi connectivity index (χ1v) is 5.58. The first-order chi connectivity index (χ1) is 7.05. The van der Waals surface area contributed by atoms with E-state index in [1.807, 2.05) is 21.1 Å². The maximum Gasteiger partial charge on any atom is 0.0715 e. The molecule has 0 bridgehead atoms. The van der Waals surface area contributed by atoms with Gasteiger partial charge in [0.05, 0.1) is 5.66 Å². The quantitative estimate of drug-likeness (QED) is 0.370. The summed E-state index contributed by atoms with van der Waals surface area (Å²) in [5, 5.41) is 10.0. The van der Waals surface area contributed by atoms with Gasteiger partial charge in [-0.25, -0.2) is 0 Å². The molecule has 0 radical (unpaired) electrons. The minimum Gasteiger partial charge on any atom is -0.329 e. The third-order valence-corrected chi connectivity index (χ3v) is 3.78. The van der Waals surface area contributed by atoms with E-state index in [1.165, 1.54) is 0 Å². The van der Waals surface area contributed by atoms with Crippen molar-refractivity contribution in [1.29, 1.82) is 0 Å². The minimum atomic E-state index is -0.0972. The minimum absolute atomic E-state index is 0.0519. The Morgan fingerprint density at radius 2 is 1.73 bits per heavy atom. The lowest BCUT2D eigenvalue weighted by atomic mass is 9.73. The highest BCUT2D eigenvalue weighted by Crippen LogP contribution is 2.32. The Morgan fingerprint density at radius 1 is 1.13 bits per heavy atom. The Balaban J connectivity index is 2.87. The van der Waals surface area contributed by atoms with Gasteiger partial charge in [0.15, 0.2) is 0 Å². The van der Waals surface area contributed by atoms with Crippen molar-refractivity contribution in [2.24, 2.45) is 11.5 Å². The summed E-state index contributed by atoms with van der Waals surface area (Å²) in [7, 11) is 5.89. The van der Waals surface area contributed by atoms with Crippen LogP contribution >= 0.6 is 0 Å². The van der Waals surface area contributed by atoms with Gasteiger partial charge in [0, 0.05) is 18.1 Å². The van der Waals surface area contributed by atoms with Gasteiger partial charge >= 0.3 is 0 Å². The summed E-state index contributed by atoms with van der Waals surface area (Å²) >= 11 is 0. The first-order valence-electron chi connectivity index (χ1n) is 5.58. The Labute approximate surface area is 92.3 Å². The number of nitrogens with two attached hydrogens (primary N) is 2. The molecule has 1 rings (SSSR count). The van der Waals surface area contributed by atoms with Gasteiger partial charge in [0.1, 0.15) is 0 Å². The summed E-state index contributed by atoms with van der Waals surface area (Å²) in [6.07, 6.45) is 2.82. The zero-order chi connectivity index (χ0) is 11.5. The van der Waals surface area contributed by atoms with Crippen LogP contribution in [0.3, 0.4) is 0 Å². The van der Waals surface area contributed by atoms with Gasteiger partial charge in [-0.3, -0.25) is 0 Å². The highest BCUT2D eigenvalue weighted by atomic mass is 15.2. The molecule has 1 aliphatic carbocycles. The summed E-state index contributed by atoms with van der Waals surface area (Å²) < 4.78 is 0. The van der Waals surface area contributed by atoms with Gasteiger partial charge < -0.3 is 27.4 Å². The van der Waals surface area contributed by atoms with Crippen molar-refractivity contribution in [1.82, 2.24) is 16.0 Å². The van der Waals surface area contributed by atoms with Crippen molar-refractivity contribution in [2.75, 3.05) is 27.7 Å². The Bertz CT molecular complexity index is 178. The molecule has 2 unspecified atom stereocenters. The van der Waals surface area contributed by atoms with Gasteiger partial charge in [-0.15, -0.1) is 0 Å². The van der Waals surface area contributed by atoms with E-state index < -0.39 is 0 Å². The lowest BCUT2D eigenvalue weighted by Crippen LogP contribution is -2.69. The smallest absolute Gasteiger partial charge is 0.0715 e. The molecular formula is C10H25N5. The van der Waals surface area contributed by atoms with Crippen molar-refractivity contribution in [3.63, 3.8) is 0 Å². The average molecular weight is 215 g/mol. The number of hydrogen-bond donors (Lipinski definition) is 5. The molecule has 0 spiro atoms. The van der Waals surface area contributed by atoms with Crippen molar-refractivity contribution in [3.05, 3.63) is 0 Å². The molecule has 0 aromatic rings. The van der Waals surface area contributed by atoms with E-state index in [1.54, 1.807) is 0 Å². The lowest BCUT2D eigenvalue weighted by molar-refractivity contribution is 0.104. The van der Waals surface area contributed by atoms with Crippen molar-refractivity contribution in [2.45, 2.75) is 36.5 Å². The lowest BCUT2D eigenvalue weighted by Gasteiger charge is -2.49. The molecule has 90 valence electrons. The monoisotopic (exact) mass is 215 g/mol. The SMILES string of the molecule is CNC1(CN)CC(N)CC(NC)(NC)C1. The molecule has 0 heterocycles. The predicted molar refractivity (Wildman–Crippen MR) is 63.5 cm³/mol. The van der Waals surface area contributed by atoms with Gasteiger partial charge in [-0.1, -0.05) is 0 Å². The van der Waals surface area contributed by atoms with Crippen LogP contribution in [0.15, 0.2) is 0 Å². The van der Waals surface area contributed by atoms with Gasteiger partial charge in [-0.2, -0.15) is 0 Å². The van der Waals surface area contributed by atoms with Crippen LogP contribution in [0.25, 0.3) is 0 Å². The predicted octanol–water partition coefficient (Wildman–Crippen LogP) is -1.45. The van der Waals surface area contributed by atoms with Crippen LogP contribution in [0.2, 0.25) is 0 Å². The second-order valence-corrected chi connectivity index (χ2v) is 4.66. The molecule has 1 saturated carbocycles. The van der Waals surface area contributed by atoms with Crippen LogP contribution < -0.4 is 27.4 Å². The van der Waals surface area contributed by atoms with Gasteiger partial charge in [0.2, 0.25) is 0 Å². The highest BCUT2D eigenvalue weighted by molar-refractivity contribution is 5.06. The van der Waals surface area contributed by atoms with Crippen molar-refractivity contribution >= 4 is 0 Å². The molecule has 15 heavy (non-hydrogen) atoms. The largest absolute Gasteiger partial charge is 0.329 e. The fourth-order valence-electron chi connectivity index (χ4n) is 2.70. The van der Waals surface area contributed by atoms with Crippen LogP contribution in [0, 0.1) is 0 Å². The third-order valence-electron chi connectivity index (χ3n) is 3.78. The zero-order valence-electron chi connectivity index (χ0n) is 10.1. The van der Waals surface area contributed by atoms with Crippen LogP contribution in [0.1, 0.15) is 19.3 Å². The number of likely N-dealkylation sites (N-methyl/N-ethyl adjacent to an activating group) is 1. The normalized spacial score (nSPS) is 35.4. The summed E-state index contributed by atoms with van der Waals surface area (Å²) in [6, 6.07) is 0.176. The summed E-state index contributed by atoms with van der Waals surface area (Å²) in [4.78, 5) is 0. The number of hydrogen-bond acceptors (Lipinski definition) is 5. The molecule has 1 aliphatic rings. The Hall–Kier alpha value is -0.200. The van der Waals surface area contributed by atoms with E-state index >= 15 is 0 Å². The van der Waals surface area contributed by atoms with E-state index in [-0.39, 0.29) is 17.2 Å². The standard InChI is InChI=1S/C10H25N5/c1-13-9(7-11)4-8(12)5-10(6-9,14-2)15-3/h8,13-15H,4-7,11-12H2,1-3H3. The van der Waals surface area contributed by atoms with Gasteiger partial charge in [-0.05, 0) is 40.4 Å².